The van der Waals surface area contributed by atoms with Gasteiger partial charge in [0.25, 0.3) is 5.91 Å². The normalized spacial score (nSPS) is 12.4. The summed E-state index contributed by atoms with van der Waals surface area (Å²) in [7, 11) is 0. The van der Waals surface area contributed by atoms with Crippen LogP contribution in [0, 0.1) is 17.1 Å². The molecule has 2 aromatic carbocycles. The molecule has 0 radical (unpaired) electrons. The van der Waals surface area contributed by atoms with Crippen LogP contribution in [0.25, 0.3) is 11.5 Å². The highest BCUT2D eigenvalue weighted by Crippen LogP contribution is 2.31. The second-order valence-electron chi connectivity index (χ2n) is 7.49. The van der Waals surface area contributed by atoms with Crippen LogP contribution in [0.15, 0.2) is 73.2 Å². The molecular formula is C24H19FN6O. The van der Waals surface area contributed by atoms with Gasteiger partial charge in [0.05, 0.1) is 18.0 Å². The molecule has 4 aromatic rings. The van der Waals surface area contributed by atoms with Crippen molar-refractivity contribution in [3.05, 3.63) is 90.1 Å². The molecule has 8 heteroatoms. The topological polar surface area (TPSA) is 78.9 Å². The lowest BCUT2D eigenvalue weighted by Crippen LogP contribution is -2.20. The van der Waals surface area contributed by atoms with Gasteiger partial charge in [-0.15, -0.1) is 0 Å². The maximum atomic E-state index is 13.4. The molecule has 0 saturated heterocycles. The SMILES string of the molecule is N#CCN1CCc2ccc(NC(=O)c3cnn(-c4ccc(F)cc4)c3-n3cccc3)cc21. The average molecular weight is 426 g/mol. The maximum Gasteiger partial charge on any atom is 0.261 e. The second kappa shape index (κ2) is 8.04. The van der Waals surface area contributed by atoms with Crippen LogP contribution in [0.1, 0.15) is 15.9 Å². The standard InChI is InChI=1S/C24H19FN6O/c25-18-4-7-20(8-5-18)31-24(30-11-1-2-12-30)21(16-27-31)23(32)28-19-6-3-17-9-13-29(14-10-26)22(17)15-19/h1-8,11-12,15-16H,9,13-14H2,(H,28,32). The summed E-state index contributed by atoms with van der Waals surface area (Å²) in [6.07, 6.45) is 6.03. The lowest BCUT2D eigenvalue weighted by Gasteiger charge is -2.16. The fourth-order valence-corrected chi connectivity index (χ4v) is 3.97. The van der Waals surface area contributed by atoms with Gasteiger partial charge >= 0.3 is 0 Å². The minimum atomic E-state index is -0.344. The van der Waals surface area contributed by atoms with Crippen molar-refractivity contribution in [1.82, 2.24) is 14.3 Å². The van der Waals surface area contributed by atoms with E-state index in [0.29, 0.717) is 29.3 Å². The largest absolute Gasteiger partial charge is 0.358 e. The van der Waals surface area contributed by atoms with E-state index in [1.165, 1.54) is 18.3 Å². The molecule has 0 saturated carbocycles. The van der Waals surface area contributed by atoms with E-state index in [-0.39, 0.29) is 11.7 Å². The third-order valence-corrected chi connectivity index (χ3v) is 5.51. The van der Waals surface area contributed by atoms with Gasteiger partial charge in [-0.1, -0.05) is 6.07 Å². The zero-order valence-corrected chi connectivity index (χ0v) is 17.1. The van der Waals surface area contributed by atoms with Gasteiger partial charge in [-0.2, -0.15) is 10.4 Å². The van der Waals surface area contributed by atoms with Crippen molar-refractivity contribution in [2.24, 2.45) is 0 Å². The molecule has 0 aliphatic carbocycles. The summed E-state index contributed by atoms with van der Waals surface area (Å²) >= 11 is 0. The molecule has 0 spiro atoms. The van der Waals surface area contributed by atoms with Crippen molar-refractivity contribution in [2.45, 2.75) is 6.42 Å². The Balaban J connectivity index is 1.49. The van der Waals surface area contributed by atoms with Crippen molar-refractivity contribution in [1.29, 1.82) is 5.26 Å². The molecule has 2 aromatic heterocycles. The van der Waals surface area contributed by atoms with E-state index in [4.69, 9.17) is 5.26 Å². The Morgan fingerprint density at radius 3 is 2.69 bits per heavy atom. The van der Waals surface area contributed by atoms with Crippen LogP contribution in [0.2, 0.25) is 0 Å². The number of hydrogen-bond donors (Lipinski definition) is 1. The summed E-state index contributed by atoms with van der Waals surface area (Å²) in [5.74, 6) is -0.110. The zero-order valence-electron chi connectivity index (χ0n) is 17.1. The first-order chi connectivity index (χ1) is 15.6. The summed E-state index contributed by atoms with van der Waals surface area (Å²) in [5, 5.41) is 16.4. The third-order valence-electron chi connectivity index (χ3n) is 5.51. The van der Waals surface area contributed by atoms with E-state index in [1.54, 1.807) is 21.4 Å². The molecule has 7 nitrogen and oxygen atoms in total. The highest BCUT2D eigenvalue weighted by Gasteiger charge is 2.22. The lowest BCUT2D eigenvalue weighted by atomic mass is 10.1. The fourth-order valence-electron chi connectivity index (χ4n) is 3.97. The summed E-state index contributed by atoms with van der Waals surface area (Å²) in [6, 6.07) is 17.6. The molecule has 158 valence electrons. The monoisotopic (exact) mass is 426 g/mol. The van der Waals surface area contributed by atoms with Gasteiger partial charge in [-0.25, -0.2) is 9.07 Å². The first kappa shape index (κ1) is 19.6. The minimum Gasteiger partial charge on any atom is -0.358 e. The van der Waals surface area contributed by atoms with Crippen molar-refractivity contribution in [3.63, 3.8) is 0 Å². The molecule has 1 aliphatic rings. The Labute approximate surface area is 183 Å². The Hall–Kier alpha value is -4.38. The van der Waals surface area contributed by atoms with Crippen LogP contribution in [0.5, 0.6) is 0 Å². The number of nitrogens with zero attached hydrogens (tertiary/aromatic N) is 5. The molecule has 1 N–H and O–H groups in total. The summed E-state index contributed by atoms with van der Waals surface area (Å²) in [4.78, 5) is 15.2. The van der Waals surface area contributed by atoms with E-state index in [0.717, 1.165) is 24.2 Å². The first-order valence-electron chi connectivity index (χ1n) is 10.2. The number of benzene rings is 2. The molecule has 0 bridgehead atoms. The molecule has 1 amide bonds. The van der Waals surface area contributed by atoms with Crippen molar-refractivity contribution < 1.29 is 9.18 Å². The van der Waals surface area contributed by atoms with Gasteiger partial charge < -0.3 is 14.8 Å². The highest BCUT2D eigenvalue weighted by molar-refractivity contribution is 6.06. The number of amides is 1. The number of carbonyl (C=O) groups excluding carboxylic acids is 1. The number of rotatable bonds is 5. The Kier molecular flexibility index (Phi) is 4.92. The Morgan fingerprint density at radius 1 is 1.16 bits per heavy atom. The molecule has 0 unspecified atom stereocenters. The average Bonchev–Trinajstić information content (AvgIpc) is 3.54. The summed E-state index contributed by atoms with van der Waals surface area (Å²) < 4.78 is 16.8. The van der Waals surface area contributed by atoms with E-state index < -0.39 is 0 Å². The van der Waals surface area contributed by atoms with Crippen LogP contribution in [0.4, 0.5) is 15.8 Å². The number of hydrogen-bond acceptors (Lipinski definition) is 4. The van der Waals surface area contributed by atoms with Crippen LogP contribution in [-0.4, -0.2) is 33.3 Å². The smallest absolute Gasteiger partial charge is 0.261 e. The molecule has 0 fully saturated rings. The van der Waals surface area contributed by atoms with E-state index >= 15 is 0 Å². The van der Waals surface area contributed by atoms with Gasteiger partial charge in [0.2, 0.25) is 0 Å². The minimum absolute atomic E-state index is 0.312. The zero-order chi connectivity index (χ0) is 22.1. The van der Waals surface area contributed by atoms with E-state index in [2.05, 4.69) is 16.5 Å². The van der Waals surface area contributed by atoms with Crippen LogP contribution < -0.4 is 10.2 Å². The van der Waals surface area contributed by atoms with Gasteiger partial charge in [-0.05, 0) is 60.5 Å². The highest BCUT2D eigenvalue weighted by atomic mass is 19.1. The molecular weight excluding hydrogens is 407 g/mol. The maximum absolute atomic E-state index is 13.4. The first-order valence-corrected chi connectivity index (χ1v) is 10.2. The number of halogens is 1. The predicted molar refractivity (Wildman–Crippen MR) is 119 cm³/mol. The number of nitrogens with one attached hydrogen (secondary N) is 1. The van der Waals surface area contributed by atoms with E-state index in [9.17, 15) is 9.18 Å². The Morgan fingerprint density at radius 2 is 1.94 bits per heavy atom. The molecule has 5 rings (SSSR count). The predicted octanol–water partition coefficient (Wildman–Crippen LogP) is 3.94. The fraction of sp³-hybridized carbons (Fsp3) is 0.125. The number of anilines is 2. The number of nitriles is 1. The molecule has 1 aliphatic heterocycles. The molecule has 3 heterocycles. The van der Waals surface area contributed by atoms with Gasteiger partial charge in [0.1, 0.15) is 17.9 Å². The van der Waals surface area contributed by atoms with Crippen LogP contribution in [-0.2, 0) is 6.42 Å². The van der Waals surface area contributed by atoms with Crippen molar-refractivity contribution in [2.75, 3.05) is 23.3 Å². The van der Waals surface area contributed by atoms with Gasteiger partial charge in [0, 0.05) is 30.3 Å². The third kappa shape index (κ3) is 3.50. The molecule has 32 heavy (non-hydrogen) atoms. The quantitative estimate of drug-likeness (QED) is 0.491. The second-order valence-corrected chi connectivity index (χ2v) is 7.49. The van der Waals surface area contributed by atoms with Crippen molar-refractivity contribution >= 4 is 17.3 Å². The van der Waals surface area contributed by atoms with Crippen LogP contribution in [0.3, 0.4) is 0 Å². The van der Waals surface area contributed by atoms with Crippen LogP contribution >= 0.6 is 0 Å². The lowest BCUT2D eigenvalue weighted by molar-refractivity contribution is 0.102. The summed E-state index contributed by atoms with van der Waals surface area (Å²) in [6.45, 7) is 1.11. The molecule has 0 atom stereocenters. The Bertz CT molecular complexity index is 1320. The van der Waals surface area contributed by atoms with Crippen molar-refractivity contribution in [3.8, 4) is 17.6 Å². The number of carbonyl (C=O) groups is 1. The van der Waals surface area contributed by atoms with Gasteiger partial charge in [0.15, 0.2) is 5.82 Å². The number of aromatic nitrogens is 3. The summed E-state index contributed by atoms with van der Waals surface area (Å²) in [5.41, 5.74) is 3.79. The van der Waals surface area contributed by atoms with E-state index in [1.807, 2.05) is 47.6 Å². The van der Waals surface area contributed by atoms with Gasteiger partial charge in [-0.3, -0.25) is 4.79 Å². The number of fused-ring (bicyclic) bond motifs is 1.